The number of rotatable bonds is 1. The smallest absolute Gasteiger partial charge is 0.104 e. The molecule has 2 rings (SSSR count). The van der Waals surface area contributed by atoms with Crippen molar-refractivity contribution < 1.29 is 5.11 Å². The maximum atomic E-state index is 8.59. The quantitative estimate of drug-likeness (QED) is 0.667. The number of hydrogen-bond donors (Lipinski definition) is 1. The van der Waals surface area contributed by atoms with Crippen LogP contribution in [0, 0.1) is 11.8 Å². The number of aliphatic hydroxyl groups excluding tert-OH is 1. The maximum absolute atomic E-state index is 8.59. The number of hydrogen-bond acceptors (Lipinski definition) is 1. The molecule has 14 heavy (non-hydrogen) atoms. The Morgan fingerprint density at radius 2 is 2.21 bits per heavy atom. The van der Waals surface area contributed by atoms with Gasteiger partial charge in [0, 0.05) is 5.56 Å². The second-order valence-electron chi connectivity index (χ2n) is 3.71. The van der Waals surface area contributed by atoms with Gasteiger partial charge < -0.3 is 5.11 Å². The fourth-order valence-corrected chi connectivity index (χ4v) is 1.75. The van der Waals surface area contributed by atoms with Crippen molar-refractivity contribution in [2.75, 3.05) is 6.61 Å². The Morgan fingerprint density at radius 1 is 1.36 bits per heavy atom. The molecule has 1 fully saturated rings. The van der Waals surface area contributed by atoms with E-state index >= 15 is 0 Å². The summed E-state index contributed by atoms with van der Waals surface area (Å²) in [6, 6.07) is 8.36. The molecule has 0 aromatic heterocycles. The summed E-state index contributed by atoms with van der Waals surface area (Å²) in [6.07, 6.45) is 3.99. The van der Waals surface area contributed by atoms with Crippen molar-refractivity contribution >= 4 is 0 Å². The van der Waals surface area contributed by atoms with Crippen molar-refractivity contribution in [3.05, 3.63) is 35.4 Å². The Labute approximate surface area is 84.8 Å². The van der Waals surface area contributed by atoms with E-state index in [-0.39, 0.29) is 6.61 Å². The second-order valence-corrected chi connectivity index (χ2v) is 3.71. The molecule has 0 bridgehead atoms. The Balaban J connectivity index is 2.17. The first kappa shape index (κ1) is 9.30. The highest BCUT2D eigenvalue weighted by atomic mass is 16.2. The van der Waals surface area contributed by atoms with Crippen LogP contribution in [0.15, 0.2) is 24.3 Å². The van der Waals surface area contributed by atoms with Crippen molar-refractivity contribution in [1.29, 1.82) is 0 Å². The third kappa shape index (κ3) is 1.97. The minimum absolute atomic E-state index is 0.0618. The van der Waals surface area contributed by atoms with Gasteiger partial charge in [0.2, 0.25) is 0 Å². The highest BCUT2D eigenvalue weighted by molar-refractivity contribution is 5.38. The van der Waals surface area contributed by atoms with E-state index in [1.165, 1.54) is 24.8 Å². The van der Waals surface area contributed by atoms with E-state index in [9.17, 15) is 0 Å². The fourth-order valence-electron chi connectivity index (χ4n) is 1.75. The van der Waals surface area contributed by atoms with Crippen LogP contribution in [-0.4, -0.2) is 11.7 Å². The predicted molar refractivity (Wildman–Crippen MR) is 57.0 cm³/mol. The molecule has 1 aromatic carbocycles. The lowest BCUT2D eigenvalue weighted by molar-refractivity contribution is 0.350. The minimum atomic E-state index is -0.0618. The van der Waals surface area contributed by atoms with Gasteiger partial charge in [0.1, 0.15) is 6.61 Å². The van der Waals surface area contributed by atoms with Crippen LogP contribution < -0.4 is 0 Å². The molecule has 1 heteroatoms. The monoisotopic (exact) mass is 186 g/mol. The Bertz CT molecular complexity index is 366. The fraction of sp³-hybridized carbons (Fsp3) is 0.385. The predicted octanol–water partition coefficient (Wildman–Crippen LogP) is 2.30. The van der Waals surface area contributed by atoms with Gasteiger partial charge in [-0.15, -0.1) is 0 Å². The van der Waals surface area contributed by atoms with Crippen LogP contribution in [0.3, 0.4) is 0 Å². The van der Waals surface area contributed by atoms with Crippen molar-refractivity contribution in [3.63, 3.8) is 0 Å². The van der Waals surface area contributed by atoms with Crippen LogP contribution in [0.4, 0.5) is 0 Å². The second kappa shape index (κ2) is 4.30. The number of aliphatic hydroxyl groups is 1. The zero-order chi connectivity index (χ0) is 9.80. The number of benzene rings is 1. The summed E-state index contributed by atoms with van der Waals surface area (Å²) in [7, 11) is 0. The summed E-state index contributed by atoms with van der Waals surface area (Å²) < 4.78 is 0. The Morgan fingerprint density at radius 3 is 2.86 bits per heavy atom. The minimum Gasteiger partial charge on any atom is -0.384 e. The Kier molecular flexibility index (Phi) is 2.86. The summed E-state index contributed by atoms with van der Waals surface area (Å²) in [5.41, 5.74) is 2.42. The van der Waals surface area contributed by atoms with E-state index in [0.717, 1.165) is 11.5 Å². The van der Waals surface area contributed by atoms with Crippen LogP contribution in [0.5, 0.6) is 0 Å². The van der Waals surface area contributed by atoms with Crippen LogP contribution in [-0.2, 0) is 0 Å². The van der Waals surface area contributed by atoms with Crippen LogP contribution in [0.1, 0.15) is 36.3 Å². The van der Waals surface area contributed by atoms with Gasteiger partial charge in [0.05, 0.1) is 0 Å². The molecule has 1 aliphatic rings. The van der Waals surface area contributed by atoms with E-state index in [1.807, 2.05) is 6.07 Å². The van der Waals surface area contributed by atoms with Gasteiger partial charge in [0.25, 0.3) is 0 Å². The topological polar surface area (TPSA) is 20.2 Å². The molecule has 1 aliphatic carbocycles. The molecule has 0 spiro atoms. The maximum Gasteiger partial charge on any atom is 0.104 e. The molecule has 1 aromatic rings. The van der Waals surface area contributed by atoms with Gasteiger partial charge in [0.15, 0.2) is 0 Å². The van der Waals surface area contributed by atoms with Gasteiger partial charge >= 0.3 is 0 Å². The summed E-state index contributed by atoms with van der Waals surface area (Å²) >= 11 is 0. The lowest BCUT2D eigenvalue weighted by Gasteiger charge is -2.25. The molecule has 72 valence electrons. The van der Waals surface area contributed by atoms with Crippen LogP contribution in [0.2, 0.25) is 0 Å². The van der Waals surface area contributed by atoms with Gasteiger partial charge in [-0.2, -0.15) is 0 Å². The molecular formula is C13H14O. The molecule has 0 atom stereocenters. The van der Waals surface area contributed by atoms with Crippen molar-refractivity contribution in [1.82, 2.24) is 0 Å². The average Bonchev–Trinajstić information content (AvgIpc) is 2.13. The molecule has 1 saturated carbocycles. The lowest BCUT2D eigenvalue weighted by Crippen LogP contribution is -2.08. The van der Waals surface area contributed by atoms with Gasteiger partial charge in [-0.3, -0.25) is 0 Å². The molecule has 0 saturated heterocycles. The normalized spacial score (nSPS) is 15.5. The van der Waals surface area contributed by atoms with E-state index in [2.05, 4.69) is 30.0 Å². The summed E-state index contributed by atoms with van der Waals surface area (Å²) in [5.74, 6) is 6.37. The SMILES string of the molecule is OCC#Cc1cccc(C2CCC2)c1. The molecule has 0 aliphatic heterocycles. The molecule has 0 radical (unpaired) electrons. The molecule has 1 nitrogen and oxygen atoms in total. The van der Waals surface area contributed by atoms with Crippen LogP contribution >= 0.6 is 0 Å². The van der Waals surface area contributed by atoms with Crippen molar-refractivity contribution in [2.24, 2.45) is 0 Å². The van der Waals surface area contributed by atoms with E-state index in [4.69, 9.17) is 5.11 Å². The van der Waals surface area contributed by atoms with Crippen LogP contribution in [0.25, 0.3) is 0 Å². The highest BCUT2D eigenvalue weighted by Gasteiger charge is 2.18. The summed E-state index contributed by atoms with van der Waals surface area (Å²) in [6.45, 7) is -0.0618. The Hall–Kier alpha value is -1.26. The first-order valence-corrected chi connectivity index (χ1v) is 5.10. The average molecular weight is 186 g/mol. The van der Waals surface area contributed by atoms with Gasteiger partial charge in [-0.05, 0) is 36.5 Å². The van der Waals surface area contributed by atoms with Gasteiger partial charge in [-0.1, -0.05) is 30.4 Å². The molecule has 1 N–H and O–H groups in total. The highest BCUT2D eigenvalue weighted by Crippen LogP contribution is 2.36. The summed E-state index contributed by atoms with van der Waals surface area (Å²) in [4.78, 5) is 0. The third-order valence-electron chi connectivity index (χ3n) is 2.77. The van der Waals surface area contributed by atoms with E-state index < -0.39 is 0 Å². The van der Waals surface area contributed by atoms with Gasteiger partial charge in [-0.25, -0.2) is 0 Å². The molecule has 0 unspecified atom stereocenters. The molecule has 0 amide bonds. The van der Waals surface area contributed by atoms with Crippen molar-refractivity contribution in [2.45, 2.75) is 25.2 Å². The van der Waals surface area contributed by atoms with E-state index in [1.54, 1.807) is 0 Å². The standard InChI is InChI=1S/C13H14O/c14-9-3-5-11-4-1-8-13(10-11)12-6-2-7-12/h1,4,8,10,12,14H,2,6-7,9H2. The van der Waals surface area contributed by atoms with Crippen molar-refractivity contribution in [3.8, 4) is 11.8 Å². The third-order valence-corrected chi connectivity index (χ3v) is 2.77. The zero-order valence-corrected chi connectivity index (χ0v) is 8.16. The first-order chi connectivity index (χ1) is 6.90. The molecule has 0 heterocycles. The lowest BCUT2D eigenvalue weighted by atomic mass is 9.80. The largest absolute Gasteiger partial charge is 0.384 e. The summed E-state index contributed by atoms with van der Waals surface area (Å²) in [5, 5.41) is 8.59. The molecular weight excluding hydrogens is 172 g/mol. The first-order valence-electron chi connectivity index (χ1n) is 5.10. The zero-order valence-electron chi connectivity index (χ0n) is 8.16. The van der Waals surface area contributed by atoms with E-state index in [0.29, 0.717) is 0 Å².